The molecule has 1 aromatic carbocycles. The summed E-state index contributed by atoms with van der Waals surface area (Å²) >= 11 is 0. The van der Waals surface area contributed by atoms with E-state index in [1.165, 1.54) is 0 Å². The highest BCUT2D eigenvalue weighted by atomic mass is 32.2. The van der Waals surface area contributed by atoms with Gasteiger partial charge in [0.1, 0.15) is 5.75 Å². The maximum Gasteiger partial charge on any atom is 0.335 e. The third kappa shape index (κ3) is 3.08. The normalized spacial score (nSPS) is 11.0. The lowest BCUT2D eigenvalue weighted by molar-refractivity contribution is -0.128. The Labute approximate surface area is 95.1 Å². The van der Waals surface area contributed by atoms with Gasteiger partial charge in [-0.3, -0.25) is 4.55 Å². The lowest BCUT2D eigenvalue weighted by atomic mass is 10.3. The van der Waals surface area contributed by atoms with E-state index in [1.807, 2.05) is 0 Å². The molecule has 0 unspecified atom stereocenters. The van der Waals surface area contributed by atoms with Crippen molar-refractivity contribution in [1.29, 1.82) is 0 Å². The highest BCUT2D eigenvalue weighted by Crippen LogP contribution is 2.24. The molecule has 92 valence electrons. The van der Waals surface area contributed by atoms with Crippen LogP contribution in [0.1, 0.15) is 0 Å². The van der Waals surface area contributed by atoms with E-state index in [1.54, 1.807) is 0 Å². The molecule has 1 rings (SSSR count). The van der Waals surface area contributed by atoms with Crippen LogP contribution < -0.4 is 4.74 Å². The summed E-state index contributed by atoms with van der Waals surface area (Å²) in [5.74, 6) is -4.65. The number of rotatable bonds is 3. The first-order valence-corrected chi connectivity index (χ1v) is 5.50. The van der Waals surface area contributed by atoms with Crippen molar-refractivity contribution in [2.24, 2.45) is 0 Å². The number of carbonyl (C=O) groups excluding carboxylic acids is 1. The molecule has 0 aliphatic rings. The molecule has 0 amide bonds. The maximum atomic E-state index is 13.2. The lowest BCUT2D eigenvalue weighted by Gasteiger charge is -2.05. The van der Waals surface area contributed by atoms with Gasteiger partial charge in [-0.25, -0.2) is 13.6 Å². The summed E-state index contributed by atoms with van der Waals surface area (Å²) in [6, 6.07) is 0.904. The first kappa shape index (κ1) is 13.3. The minimum Gasteiger partial charge on any atom is -0.423 e. The zero-order chi connectivity index (χ0) is 13.2. The molecular weight excluding hydrogens is 258 g/mol. The molecule has 0 saturated heterocycles. The van der Waals surface area contributed by atoms with Gasteiger partial charge in [-0.2, -0.15) is 8.42 Å². The zero-order valence-corrected chi connectivity index (χ0v) is 9.00. The van der Waals surface area contributed by atoms with Crippen molar-refractivity contribution in [3.05, 3.63) is 36.4 Å². The summed E-state index contributed by atoms with van der Waals surface area (Å²) in [5.41, 5.74) is 0. The molecule has 0 atom stereocenters. The molecule has 0 aromatic heterocycles. The van der Waals surface area contributed by atoms with Crippen molar-refractivity contribution in [3.8, 4) is 5.75 Å². The van der Waals surface area contributed by atoms with Crippen LogP contribution in [0.25, 0.3) is 0 Å². The molecule has 0 radical (unpaired) electrons. The van der Waals surface area contributed by atoms with Gasteiger partial charge in [0.25, 0.3) is 10.1 Å². The summed E-state index contributed by atoms with van der Waals surface area (Å²) in [6.45, 7) is 3.06. The number of ether oxygens (including phenoxy) is 1. The van der Waals surface area contributed by atoms with E-state index >= 15 is 0 Å². The summed E-state index contributed by atoms with van der Waals surface area (Å²) in [7, 11) is -5.03. The lowest BCUT2D eigenvalue weighted by Crippen LogP contribution is -2.08. The quantitative estimate of drug-likeness (QED) is 0.385. The predicted molar refractivity (Wildman–Crippen MR) is 52.0 cm³/mol. The summed E-state index contributed by atoms with van der Waals surface area (Å²) in [4.78, 5) is 9.23. The van der Waals surface area contributed by atoms with Crippen LogP contribution >= 0.6 is 0 Å². The molecule has 0 aliphatic carbocycles. The zero-order valence-electron chi connectivity index (χ0n) is 8.18. The van der Waals surface area contributed by atoms with Crippen LogP contribution in [0.3, 0.4) is 0 Å². The summed E-state index contributed by atoms with van der Waals surface area (Å²) in [5, 5.41) is 0. The van der Waals surface area contributed by atoms with Gasteiger partial charge >= 0.3 is 5.97 Å². The Morgan fingerprint density at radius 2 is 1.82 bits per heavy atom. The van der Waals surface area contributed by atoms with Crippen LogP contribution in [0.5, 0.6) is 5.75 Å². The molecule has 8 heteroatoms. The Kier molecular flexibility index (Phi) is 3.59. The number of esters is 1. The largest absolute Gasteiger partial charge is 0.423 e. The fourth-order valence-electron chi connectivity index (χ4n) is 1.000. The molecule has 0 aliphatic heterocycles. The summed E-state index contributed by atoms with van der Waals surface area (Å²) < 4.78 is 60.5. The first-order valence-electron chi connectivity index (χ1n) is 4.06. The van der Waals surface area contributed by atoms with E-state index in [2.05, 4.69) is 11.3 Å². The van der Waals surface area contributed by atoms with Crippen LogP contribution in [0, 0.1) is 11.6 Å². The molecular formula is C9H6F2O5S. The molecule has 0 heterocycles. The summed E-state index contributed by atoms with van der Waals surface area (Å²) in [6.07, 6.45) is 0.756. The van der Waals surface area contributed by atoms with E-state index in [9.17, 15) is 22.0 Å². The van der Waals surface area contributed by atoms with Gasteiger partial charge in [0, 0.05) is 18.2 Å². The van der Waals surface area contributed by atoms with Crippen molar-refractivity contribution in [2.45, 2.75) is 4.90 Å². The number of carbonyl (C=O) groups is 1. The Bertz CT molecular complexity index is 556. The van der Waals surface area contributed by atoms with E-state index in [0.717, 1.165) is 6.08 Å². The molecule has 0 saturated carbocycles. The van der Waals surface area contributed by atoms with Crippen molar-refractivity contribution in [2.75, 3.05) is 0 Å². The van der Waals surface area contributed by atoms with E-state index in [-0.39, 0.29) is 0 Å². The predicted octanol–water partition coefficient (Wildman–Crippen LogP) is 1.30. The van der Waals surface area contributed by atoms with Crippen LogP contribution in [-0.4, -0.2) is 18.9 Å². The van der Waals surface area contributed by atoms with Crippen molar-refractivity contribution in [1.82, 2.24) is 0 Å². The molecule has 17 heavy (non-hydrogen) atoms. The van der Waals surface area contributed by atoms with Gasteiger partial charge in [-0.15, -0.1) is 0 Å². The highest BCUT2D eigenvalue weighted by Gasteiger charge is 2.23. The van der Waals surface area contributed by atoms with Crippen LogP contribution in [-0.2, 0) is 14.9 Å². The minimum absolute atomic E-state index is 0.452. The SMILES string of the molecule is C=CC(=O)Oc1cc(F)c(S(=O)(=O)O)c(F)c1. The Morgan fingerprint density at radius 3 is 2.18 bits per heavy atom. The van der Waals surface area contributed by atoms with E-state index < -0.39 is 38.4 Å². The third-order valence-electron chi connectivity index (χ3n) is 1.61. The smallest absolute Gasteiger partial charge is 0.335 e. The molecule has 1 aromatic rings. The van der Waals surface area contributed by atoms with Gasteiger partial charge in [0.05, 0.1) is 0 Å². The second kappa shape index (κ2) is 4.60. The Morgan fingerprint density at radius 1 is 1.35 bits per heavy atom. The highest BCUT2D eigenvalue weighted by molar-refractivity contribution is 7.85. The van der Waals surface area contributed by atoms with Crippen LogP contribution in [0.4, 0.5) is 8.78 Å². The molecule has 0 bridgehead atoms. The van der Waals surface area contributed by atoms with E-state index in [0.29, 0.717) is 12.1 Å². The van der Waals surface area contributed by atoms with Crippen molar-refractivity contribution in [3.63, 3.8) is 0 Å². The van der Waals surface area contributed by atoms with Gasteiger partial charge in [0.15, 0.2) is 16.5 Å². The Balaban J connectivity index is 3.28. The van der Waals surface area contributed by atoms with Gasteiger partial charge in [0.2, 0.25) is 0 Å². The topological polar surface area (TPSA) is 80.7 Å². The maximum absolute atomic E-state index is 13.2. The van der Waals surface area contributed by atoms with E-state index in [4.69, 9.17) is 4.55 Å². The fourth-order valence-corrected chi connectivity index (χ4v) is 1.61. The Hall–Kier alpha value is -1.80. The second-order valence-electron chi connectivity index (χ2n) is 2.82. The molecule has 0 spiro atoms. The van der Waals surface area contributed by atoms with Gasteiger partial charge < -0.3 is 4.74 Å². The number of hydrogen-bond donors (Lipinski definition) is 1. The van der Waals surface area contributed by atoms with Gasteiger partial charge in [-0.1, -0.05) is 6.58 Å². The first-order chi connectivity index (χ1) is 7.75. The fraction of sp³-hybridized carbons (Fsp3) is 0. The average Bonchev–Trinajstić information content (AvgIpc) is 2.13. The molecule has 0 fully saturated rings. The monoisotopic (exact) mass is 264 g/mol. The van der Waals surface area contributed by atoms with Gasteiger partial charge in [-0.05, 0) is 0 Å². The standard InChI is InChI=1S/C9H6F2O5S/c1-2-8(12)16-5-3-6(10)9(7(11)4-5)17(13,14)15/h2-4H,1H2,(H,13,14,15). The number of hydrogen-bond acceptors (Lipinski definition) is 4. The van der Waals surface area contributed by atoms with Crippen molar-refractivity contribution >= 4 is 16.1 Å². The van der Waals surface area contributed by atoms with Crippen LogP contribution in [0.2, 0.25) is 0 Å². The van der Waals surface area contributed by atoms with Crippen LogP contribution in [0.15, 0.2) is 29.7 Å². The third-order valence-corrected chi connectivity index (χ3v) is 2.52. The second-order valence-corrected chi connectivity index (χ2v) is 4.17. The van der Waals surface area contributed by atoms with Crippen molar-refractivity contribution < 1.29 is 31.3 Å². The average molecular weight is 264 g/mol. The number of benzene rings is 1. The minimum atomic E-state index is -5.03. The molecule has 1 N–H and O–H groups in total. The molecule has 5 nitrogen and oxygen atoms in total. The number of halogens is 2.